The van der Waals surface area contributed by atoms with Crippen LogP contribution in [0.3, 0.4) is 0 Å². The number of nitrogens with zero attached hydrogens (tertiary/aromatic N) is 1. The first-order valence-electron chi connectivity index (χ1n) is 12.2. The summed E-state index contributed by atoms with van der Waals surface area (Å²) >= 11 is 1.44. The van der Waals surface area contributed by atoms with Gasteiger partial charge in [-0.2, -0.15) is 0 Å². The van der Waals surface area contributed by atoms with Crippen molar-refractivity contribution in [2.24, 2.45) is 11.8 Å². The molecule has 1 aliphatic rings. The Morgan fingerprint density at radius 3 is 2.65 bits per heavy atom. The van der Waals surface area contributed by atoms with E-state index in [1.165, 1.54) is 11.3 Å². The summed E-state index contributed by atoms with van der Waals surface area (Å²) in [5, 5.41) is 11.6. The standard InChI is InChI=1S/C28H33NO4S/c1-5-18-9-7-8-10-24(30)26(27(31)17(18)3)22-15-21(12-11-19(22)6-2)33-28-29-23-14-13-20(32-4)16-25(23)34-28/h11-18,30H,5-10H2,1-4H3/b26-24+/t17?,18-/m0/s1. The second-order valence-corrected chi connectivity index (χ2v) is 9.97. The van der Waals surface area contributed by atoms with Gasteiger partial charge in [0.15, 0.2) is 5.78 Å². The van der Waals surface area contributed by atoms with Gasteiger partial charge in [-0.05, 0) is 66.6 Å². The van der Waals surface area contributed by atoms with Crippen molar-refractivity contribution in [2.45, 2.75) is 59.3 Å². The predicted molar refractivity (Wildman–Crippen MR) is 138 cm³/mol. The Hall–Kier alpha value is -2.86. The molecule has 0 radical (unpaired) electrons. The van der Waals surface area contributed by atoms with Crippen molar-refractivity contribution in [2.75, 3.05) is 7.11 Å². The Kier molecular flexibility index (Phi) is 7.57. The van der Waals surface area contributed by atoms with Crippen LogP contribution in [0.5, 0.6) is 16.7 Å². The number of Topliss-reactive ketones (excluding diaryl/α,β-unsaturated/α-hetero) is 1. The number of aliphatic hydroxyl groups excluding tert-OH is 1. The van der Waals surface area contributed by atoms with E-state index >= 15 is 0 Å². The molecule has 4 rings (SSSR count). The first-order chi connectivity index (χ1) is 16.4. The van der Waals surface area contributed by atoms with E-state index in [1.807, 2.05) is 43.3 Å². The number of carbonyl (C=O) groups is 1. The highest BCUT2D eigenvalue weighted by Crippen LogP contribution is 2.38. The number of carbonyl (C=O) groups excluding carboxylic acids is 1. The van der Waals surface area contributed by atoms with E-state index in [2.05, 4.69) is 18.8 Å². The van der Waals surface area contributed by atoms with Gasteiger partial charge in [0, 0.05) is 12.3 Å². The monoisotopic (exact) mass is 479 g/mol. The second kappa shape index (κ2) is 10.6. The van der Waals surface area contributed by atoms with Gasteiger partial charge in [-0.1, -0.05) is 51.0 Å². The summed E-state index contributed by atoms with van der Waals surface area (Å²) in [5.41, 5.74) is 3.10. The van der Waals surface area contributed by atoms with Gasteiger partial charge in [-0.15, -0.1) is 0 Å². The minimum atomic E-state index is -0.131. The molecule has 34 heavy (non-hydrogen) atoms. The lowest BCUT2D eigenvalue weighted by Gasteiger charge is -2.23. The molecule has 180 valence electrons. The van der Waals surface area contributed by atoms with Gasteiger partial charge < -0.3 is 14.6 Å². The van der Waals surface area contributed by atoms with Crippen LogP contribution < -0.4 is 9.47 Å². The first kappa shape index (κ1) is 24.3. The van der Waals surface area contributed by atoms with Gasteiger partial charge in [0.05, 0.1) is 22.9 Å². The van der Waals surface area contributed by atoms with Crippen molar-refractivity contribution >= 4 is 32.9 Å². The quantitative estimate of drug-likeness (QED) is 0.392. The smallest absolute Gasteiger partial charge is 0.279 e. The lowest BCUT2D eigenvalue weighted by molar-refractivity contribution is -0.118. The molecule has 3 aromatic rings. The van der Waals surface area contributed by atoms with Crippen molar-refractivity contribution in [3.05, 3.63) is 53.3 Å². The number of ether oxygens (including phenoxy) is 2. The van der Waals surface area contributed by atoms with Crippen LogP contribution in [0.15, 0.2) is 42.2 Å². The van der Waals surface area contributed by atoms with E-state index in [0.717, 1.165) is 59.2 Å². The summed E-state index contributed by atoms with van der Waals surface area (Å²) in [4.78, 5) is 18.2. The van der Waals surface area contributed by atoms with Crippen LogP contribution in [-0.2, 0) is 11.2 Å². The van der Waals surface area contributed by atoms with E-state index < -0.39 is 0 Å². The summed E-state index contributed by atoms with van der Waals surface area (Å²) in [6.45, 7) is 6.22. The van der Waals surface area contributed by atoms with Crippen LogP contribution in [-0.4, -0.2) is 23.0 Å². The molecule has 0 bridgehead atoms. The fourth-order valence-corrected chi connectivity index (χ4v) is 5.68. The molecule has 2 aromatic carbocycles. The minimum Gasteiger partial charge on any atom is -0.512 e. The number of ketones is 1. The molecular formula is C28H33NO4S. The number of thiazole rings is 1. The van der Waals surface area contributed by atoms with Gasteiger partial charge in [0.2, 0.25) is 0 Å². The summed E-state index contributed by atoms with van der Waals surface area (Å²) in [6, 6.07) is 11.5. The first-order valence-corrected chi connectivity index (χ1v) is 13.0. The number of rotatable bonds is 6. The maximum absolute atomic E-state index is 13.7. The molecule has 0 amide bonds. The van der Waals surface area contributed by atoms with Crippen molar-refractivity contribution in [3.63, 3.8) is 0 Å². The van der Waals surface area contributed by atoms with Crippen LogP contribution in [0.25, 0.3) is 15.8 Å². The van der Waals surface area contributed by atoms with Crippen molar-refractivity contribution in [3.8, 4) is 16.7 Å². The zero-order valence-corrected chi connectivity index (χ0v) is 21.2. The maximum atomic E-state index is 13.7. The normalized spacial score (nSPS) is 21.7. The molecule has 0 saturated carbocycles. The van der Waals surface area contributed by atoms with E-state index in [-0.39, 0.29) is 17.5 Å². The average Bonchev–Trinajstić information content (AvgIpc) is 3.26. The second-order valence-electron chi connectivity index (χ2n) is 8.98. The Balaban J connectivity index is 1.72. The third kappa shape index (κ3) is 4.97. The Labute approximate surface area is 205 Å². The van der Waals surface area contributed by atoms with E-state index in [9.17, 15) is 9.90 Å². The fourth-order valence-electron chi connectivity index (χ4n) is 4.82. The zero-order valence-electron chi connectivity index (χ0n) is 20.4. The summed E-state index contributed by atoms with van der Waals surface area (Å²) in [7, 11) is 1.64. The number of allylic oxidation sites excluding steroid dienone is 2. The summed E-state index contributed by atoms with van der Waals surface area (Å²) < 4.78 is 12.4. The van der Waals surface area contributed by atoms with Gasteiger partial charge in [-0.3, -0.25) is 4.79 Å². The molecule has 1 aromatic heterocycles. The molecule has 1 heterocycles. The van der Waals surface area contributed by atoms with Crippen LogP contribution in [0.4, 0.5) is 0 Å². The molecule has 0 fully saturated rings. The molecule has 0 aliphatic heterocycles. The minimum absolute atomic E-state index is 0.0326. The number of aryl methyl sites for hydroxylation is 1. The molecule has 6 heteroatoms. The highest BCUT2D eigenvalue weighted by atomic mass is 32.1. The van der Waals surface area contributed by atoms with Crippen molar-refractivity contribution in [1.82, 2.24) is 4.98 Å². The van der Waals surface area contributed by atoms with Crippen molar-refractivity contribution < 1.29 is 19.4 Å². The van der Waals surface area contributed by atoms with Gasteiger partial charge in [-0.25, -0.2) is 4.98 Å². The molecular weight excluding hydrogens is 446 g/mol. The third-order valence-electron chi connectivity index (χ3n) is 6.93. The van der Waals surface area contributed by atoms with Crippen LogP contribution in [0.1, 0.15) is 64.0 Å². The fraction of sp³-hybridized carbons (Fsp3) is 0.429. The number of hydrogen-bond donors (Lipinski definition) is 1. The lowest BCUT2D eigenvalue weighted by Crippen LogP contribution is -2.22. The van der Waals surface area contributed by atoms with Crippen LogP contribution in [0.2, 0.25) is 0 Å². The summed E-state index contributed by atoms with van der Waals surface area (Å²) in [6.07, 6.45) is 5.19. The molecule has 0 saturated heterocycles. The van der Waals surface area contributed by atoms with Crippen molar-refractivity contribution in [1.29, 1.82) is 0 Å². The van der Waals surface area contributed by atoms with Crippen LogP contribution >= 0.6 is 11.3 Å². The molecule has 1 aliphatic carbocycles. The molecule has 0 spiro atoms. The Morgan fingerprint density at radius 2 is 1.91 bits per heavy atom. The molecule has 1 N–H and O–H groups in total. The SMILES string of the molecule is CCc1ccc(Oc2nc3ccc(OC)cc3s2)cc1/C1=C(\O)CCCC[C@H](CC)C(C)C1=O. The van der Waals surface area contributed by atoms with Gasteiger partial charge in [0.1, 0.15) is 17.3 Å². The maximum Gasteiger partial charge on any atom is 0.279 e. The van der Waals surface area contributed by atoms with Crippen LogP contribution in [0, 0.1) is 11.8 Å². The number of hydrogen-bond acceptors (Lipinski definition) is 6. The number of methoxy groups -OCH3 is 1. The van der Waals surface area contributed by atoms with E-state index in [0.29, 0.717) is 28.9 Å². The Morgan fingerprint density at radius 1 is 1.12 bits per heavy atom. The highest BCUT2D eigenvalue weighted by Gasteiger charge is 2.30. The lowest BCUT2D eigenvalue weighted by atomic mass is 9.80. The van der Waals surface area contributed by atoms with E-state index in [1.54, 1.807) is 7.11 Å². The number of benzene rings is 2. The number of fused-ring (bicyclic) bond motifs is 1. The largest absolute Gasteiger partial charge is 0.512 e. The third-order valence-corrected chi connectivity index (χ3v) is 7.83. The predicted octanol–water partition coefficient (Wildman–Crippen LogP) is 7.73. The van der Waals surface area contributed by atoms with Gasteiger partial charge >= 0.3 is 0 Å². The summed E-state index contributed by atoms with van der Waals surface area (Å²) in [5.74, 6) is 1.81. The molecule has 1 unspecified atom stereocenters. The Bertz CT molecular complexity index is 1210. The van der Waals surface area contributed by atoms with Gasteiger partial charge in [0.25, 0.3) is 5.19 Å². The van der Waals surface area contributed by atoms with E-state index in [4.69, 9.17) is 9.47 Å². The number of aromatic nitrogens is 1. The highest BCUT2D eigenvalue weighted by molar-refractivity contribution is 7.20. The zero-order chi connectivity index (χ0) is 24.2. The molecule has 5 nitrogen and oxygen atoms in total. The molecule has 2 atom stereocenters. The average molecular weight is 480 g/mol. The topological polar surface area (TPSA) is 68.7 Å². The number of aliphatic hydroxyl groups is 1.